The molecule has 0 aromatic heterocycles. The van der Waals surface area contributed by atoms with Crippen molar-refractivity contribution in [3.8, 4) is 0 Å². The molecule has 0 aliphatic carbocycles. The molecular weight excluding hydrogens is 349 g/mol. The van der Waals surface area contributed by atoms with E-state index in [9.17, 15) is 4.79 Å². The Bertz CT molecular complexity index is 351. The molecule has 1 amide bonds. The molecule has 0 bridgehead atoms. The third kappa shape index (κ3) is 6.34. The zero-order valence-corrected chi connectivity index (χ0v) is 16.9. The fourth-order valence-corrected chi connectivity index (χ4v) is 3.72. The van der Waals surface area contributed by atoms with E-state index in [1.54, 1.807) is 0 Å². The second-order valence-corrected chi connectivity index (χ2v) is 6.75. The third-order valence-electron chi connectivity index (χ3n) is 5.36. The number of ether oxygens (including phenoxy) is 1. The summed E-state index contributed by atoms with van der Waals surface area (Å²) in [5.74, 6) is 1.19. The van der Waals surface area contributed by atoms with Crippen LogP contribution < -0.4 is 10.6 Å². The van der Waals surface area contributed by atoms with Crippen molar-refractivity contribution in [1.82, 2.24) is 15.5 Å². The Morgan fingerprint density at radius 1 is 1.25 bits per heavy atom. The zero-order valence-electron chi connectivity index (χ0n) is 15.3. The first kappa shape index (κ1) is 23.9. The van der Waals surface area contributed by atoms with Gasteiger partial charge >= 0.3 is 0 Å². The summed E-state index contributed by atoms with van der Waals surface area (Å²) in [5, 5.41) is 6.73. The van der Waals surface area contributed by atoms with Crippen LogP contribution in [0.1, 0.15) is 40.0 Å². The average Bonchev–Trinajstić information content (AvgIpc) is 2.55. The minimum Gasteiger partial charge on any atom is -0.379 e. The fraction of sp³-hybridized carbons (Fsp3) is 0.941. The Balaban J connectivity index is 0.00000264. The average molecular weight is 384 g/mol. The van der Waals surface area contributed by atoms with Gasteiger partial charge in [-0.3, -0.25) is 9.69 Å². The van der Waals surface area contributed by atoms with Crippen LogP contribution in [0.2, 0.25) is 0 Å². The van der Waals surface area contributed by atoms with Gasteiger partial charge in [-0.15, -0.1) is 24.8 Å². The lowest BCUT2D eigenvalue weighted by Gasteiger charge is -2.39. The largest absolute Gasteiger partial charge is 0.379 e. The van der Waals surface area contributed by atoms with Gasteiger partial charge in [-0.05, 0) is 24.8 Å². The lowest BCUT2D eigenvalue weighted by atomic mass is 9.90. The minimum atomic E-state index is -0.00646. The van der Waals surface area contributed by atoms with E-state index in [4.69, 9.17) is 4.74 Å². The lowest BCUT2D eigenvalue weighted by molar-refractivity contribution is -0.132. The van der Waals surface area contributed by atoms with Crippen molar-refractivity contribution < 1.29 is 9.53 Å². The summed E-state index contributed by atoms with van der Waals surface area (Å²) < 4.78 is 5.46. The van der Waals surface area contributed by atoms with Crippen LogP contribution in [0, 0.1) is 11.8 Å². The molecule has 2 rings (SSSR count). The fourth-order valence-electron chi connectivity index (χ4n) is 3.72. The van der Waals surface area contributed by atoms with Crippen LogP contribution in [0.5, 0.6) is 0 Å². The Morgan fingerprint density at radius 2 is 1.88 bits per heavy atom. The van der Waals surface area contributed by atoms with Gasteiger partial charge < -0.3 is 15.4 Å². The molecule has 2 saturated heterocycles. The van der Waals surface area contributed by atoms with Crippen LogP contribution in [0.15, 0.2) is 0 Å². The summed E-state index contributed by atoms with van der Waals surface area (Å²) in [6.45, 7) is 11.8. The maximum atomic E-state index is 13.0. The number of piperidine rings is 1. The molecule has 0 saturated carbocycles. The lowest BCUT2D eigenvalue weighted by Crippen LogP contribution is -2.59. The molecule has 5 nitrogen and oxygen atoms in total. The van der Waals surface area contributed by atoms with E-state index in [-0.39, 0.29) is 42.8 Å². The van der Waals surface area contributed by atoms with Crippen LogP contribution in [0.25, 0.3) is 0 Å². The summed E-state index contributed by atoms with van der Waals surface area (Å²) in [6, 6.07) is 0.257. The first-order valence-corrected chi connectivity index (χ1v) is 9.00. The third-order valence-corrected chi connectivity index (χ3v) is 5.36. The van der Waals surface area contributed by atoms with E-state index in [0.717, 1.165) is 58.7 Å². The molecule has 7 heteroatoms. The topological polar surface area (TPSA) is 53.6 Å². The highest BCUT2D eigenvalue weighted by Gasteiger charge is 2.34. The van der Waals surface area contributed by atoms with Gasteiger partial charge in [0.05, 0.1) is 19.3 Å². The number of hydrogen-bond acceptors (Lipinski definition) is 4. The monoisotopic (exact) mass is 383 g/mol. The molecule has 2 fully saturated rings. The number of morpholine rings is 1. The second-order valence-electron chi connectivity index (χ2n) is 6.75. The summed E-state index contributed by atoms with van der Waals surface area (Å²) in [6.07, 6.45) is 3.23. The Hall–Kier alpha value is -0.0700. The molecule has 2 heterocycles. The predicted molar refractivity (Wildman–Crippen MR) is 103 cm³/mol. The highest BCUT2D eigenvalue weighted by Crippen LogP contribution is 2.21. The van der Waals surface area contributed by atoms with Crippen LogP contribution in [-0.2, 0) is 9.53 Å². The minimum absolute atomic E-state index is 0. The number of carbonyl (C=O) groups is 1. The van der Waals surface area contributed by atoms with Crippen molar-refractivity contribution in [2.75, 3.05) is 39.4 Å². The van der Waals surface area contributed by atoms with Gasteiger partial charge in [-0.25, -0.2) is 0 Å². The van der Waals surface area contributed by atoms with Crippen LogP contribution >= 0.6 is 24.8 Å². The van der Waals surface area contributed by atoms with Crippen molar-refractivity contribution in [1.29, 1.82) is 0 Å². The van der Waals surface area contributed by atoms with E-state index in [1.165, 1.54) is 0 Å². The predicted octanol–water partition coefficient (Wildman–Crippen LogP) is 2.08. The molecule has 0 radical (unpaired) electrons. The Labute approximate surface area is 159 Å². The van der Waals surface area contributed by atoms with Crippen LogP contribution in [-0.4, -0.2) is 62.3 Å². The number of amides is 1. The van der Waals surface area contributed by atoms with Gasteiger partial charge in [0.25, 0.3) is 0 Å². The van der Waals surface area contributed by atoms with Crippen molar-refractivity contribution >= 4 is 30.7 Å². The molecule has 3 atom stereocenters. The molecule has 24 heavy (non-hydrogen) atoms. The highest BCUT2D eigenvalue weighted by atomic mass is 35.5. The second kappa shape index (κ2) is 12.3. The number of rotatable bonds is 6. The highest BCUT2D eigenvalue weighted by molar-refractivity contribution is 5.85. The summed E-state index contributed by atoms with van der Waals surface area (Å²) in [5.41, 5.74) is 0. The van der Waals surface area contributed by atoms with Crippen molar-refractivity contribution in [2.24, 2.45) is 11.8 Å². The van der Waals surface area contributed by atoms with Crippen molar-refractivity contribution in [3.05, 3.63) is 0 Å². The molecule has 144 valence electrons. The smallest absolute Gasteiger partial charge is 0.237 e. The molecule has 2 aliphatic heterocycles. The maximum absolute atomic E-state index is 13.0. The Morgan fingerprint density at radius 3 is 2.42 bits per heavy atom. The van der Waals surface area contributed by atoms with Crippen molar-refractivity contribution in [3.63, 3.8) is 0 Å². The molecule has 0 aromatic carbocycles. The van der Waals surface area contributed by atoms with Gasteiger partial charge in [0.2, 0.25) is 5.91 Å². The number of halogens is 2. The van der Waals surface area contributed by atoms with Gasteiger partial charge in [-0.1, -0.05) is 33.6 Å². The molecule has 0 spiro atoms. The van der Waals surface area contributed by atoms with Crippen LogP contribution in [0.4, 0.5) is 0 Å². The normalized spacial score (nSPS) is 26.2. The van der Waals surface area contributed by atoms with Gasteiger partial charge in [-0.2, -0.15) is 0 Å². The van der Waals surface area contributed by atoms with Gasteiger partial charge in [0.15, 0.2) is 0 Å². The molecular formula is C17H35Cl2N3O2. The summed E-state index contributed by atoms with van der Waals surface area (Å²) >= 11 is 0. The van der Waals surface area contributed by atoms with E-state index < -0.39 is 0 Å². The van der Waals surface area contributed by atoms with E-state index in [1.807, 2.05) is 0 Å². The SMILES string of the molecule is CCC(CC)C(C(=O)NC1CNCCC1C)N1CCOCC1.Cl.Cl. The number of nitrogens with zero attached hydrogens (tertiary/aromatic N) is 1. The maximum Gasteiger partial charge on any atom is 0.237 e. The van der Waals surface area contributed by atoms with Crippen LogP contribution in [0.3, 0.4) is 0 Å². The number of hydrogen-bond donors (Lipinski definition) is 2. The zero-order chi connectivity index (χ0) is 15.9. The number of carbonyl (C=O) groups excluding carboxylic acids is 1. The summed E-state index contributed by atoms with van der Waals surface area (Å²) in [4.78, 5) is 15.3. The van der Waals surface area contributed by atoms with Gasteiger partial charge in [0.1, 0.15) is 0 Å². The Kier molecular flexibility index (Phi) is 12.3. The quantitative estimate of drug-likeness (QED) is 0.736. The van der Waals surface area contributed by atoms with Gasteiger partial charge in [0, 0.05) is 25.7 Å². The standard InChI is InChI=1S/C17H33N3O2.2ClH/c1-4-14(5-2)16(20-8-10-22-11-9-20)17(21)19-15-12-18-7-6-13(15)3;;/h13-16,18H,4-12H2,1-3H3,(H,19,21);2*1H. The molecule has 3 unspecified atom stereocenters. The number of nitrogens with one attached hydrogen (secondary N) is 2. The van der Waals surface area contributed by atoms with E-state index in [0.29, 0.717) is 11.8 Å². The first-order valence-electron chi connectivity index (χ1n) is 9.00. The van der Waals surface area contributed by atoms with E-state index >= 15 is 0 Å². The molecule has 2 N–H and O–H groups in total. The summed E-state index contributed by atoms with van der Waals surface area (Å²) in [7, 11) is 0. The first-order chi connectivity index (χ1) is 10.7. The molecule has 0 aromatic rings. The van der Waals surface area contributed by atoms with Crippen molar-refractivity contribution in [2.45, 2.75) is 52.1 Å². The van der Waals surface area contributed by atoms with E-state index in [2.05, 4.69) is 36.3 Å². The molecule has 2 aliphatic rings.